The summed E-state index contributed by atoms with van der Waals surface area (Å²) in [4.78, 5) is 12.8. The minimum absolute atomic E-state index is 0.337. The molecule has 0 fully saturated rings. The maximum absolute atomic E-state index is 12.5. The van der Waals surface area contributed by atoms with Gasteiger partial charge in [-0.1, -0.05) is 0 Å². The molecule has 0 radical (unpaired) electrons. The van der Waals surface area contributed by atoms with Crippen molar-refractivity contribution in [3.63, 3.8) is 0 Å². The molecule has 0 saturated heterocycles. The fourth-order valence-corrected chi connectivity index (χ4v) is 2.72. The Hall–Kier alpha value is -0.620. The molecule has 1 aromatic heterocycles. The molecule has 1 aromatic rings. The van der Waals surface area contributed by atoms with Crippen molar-refractivity contribution >= 4 is 48.0 Å². The highest BCUT2D eigenvalue weighted by molar-refractivity contribution is 14.1. The van der Waals surface area contributed by atoms with Crippen LogP contribution in [-0.4, -0.2) is 18.3 Å². The molecular weight excluding hydrogens is 396 g/mol. The van der Waals surface area contributed by atoms with Crippen molar-refractivity contribution in [3.05, 3.63) is 25.4 Å². The average Bonchev–Trinajstić information content (AvgIpc) is 2.14. The number of hydrogen-bond donors (Lipinski definition) is 0. The Kier molecular flexibility index (Phi) is 4.19. The van der Waals surface area contributed by atoms with Crippen LogP contribution in [-0.2, 0) is 9.05 Å². The van der Waals surface area contributed by atoms with Gasteiger partial charge in [0, 0.05) is 16.7 Å². The van der Waals surface area contributed by atoms with Crippen molar-refractivity contribution in [1.29, 1.82) is 0 Å². The van der Waals surface area contributed by atoms with E-state index < -0.39 is 36.7 Å². The predicted octanol–water partition coefficient (Wildman–Crippen LogP) is 2.46. The number of hydrogen-bond acceptors (Lipinski definition) is 5. The number of nitrogens with zero attached hydrogens (tertiary/aromatic N) is 2. The van der Waals surface area contributed by atoms with Crippen LogP contribution >= 0.6 is 33.3 Å². The van der Waals surface area contributed by atoms with Crippen molar-refractivity contribution in [2.75, 3.05) is 0 Å². The summed E-state index contributed by atoms with van der Waals surface area (Å²) in [5.74, 6) is 0. The van der Waals surface area contributed by atoms with Crippen molar-refractivity contribution in [2.24, 2.45) is 0 Å². The smallest absolute Gasteiger partial charge is 0.258 e. The van der Waals surface area contributed by atoms with E-state index in [2.05, 4.69) is 4.98 Å². The van der Waals surface area contributed by atoms with Crippen LogP contribution in [0.15, 0.2) is 11.1 Å². The molecule has 0 aromatic carbocycles. The lowest BCUT2D eigenvalue weighted by Crippen LogP contribution is -2.06. The molecule has 6 nitrogen and oxygen atoms in total. The van der Waals surface area contributed by atoms with Crippen LogP contribution in [0, 0.1) is 13.8 Å². The molecule has 1 heterocycles. The van der Waals surface area contributed by atoms with Crippen LogP contribution in [0.25, 0.3) is 0 Å². The van der Waals surface area contributed by atoms with E-state index in [9.17, 15) is 27.3 Å². The molecule has 0 spiro atoms. The maximum Gasteiger partial charge on any atom is 0.301 e. The van der Waals surface area contributed by atoms with Crippen LogP contribution in [0.4, 0.5) is 14.5 Å². The Morgan fingerprint density at radius 2 is 2.06 bits per heavy atom. The molecule has 0 aliphatic heterocycles. The number of rotatable bonds is 3. The maximum atomic E-state index is 12.5. The monoisotopic (exact) mass is 398 g/mol. The van der Waals surface area contributed by atoms with Gasteiger partial charge in [0.1, 0.15) is 0 Å². The van der Waals surface area contributed by atoms with Gasteiger partial charge in [0.25, 0.3) is 15.5 Å². The topological polar surface area (TPSA) is 90.2 Å². The number of alkyl halides is 2. The summed E-state index contributed by atoms with van der Waals surface area (Å²) in [6, 6.07) is 0.453. The second-order valence-corrected chi connectivity index (χ2v) is 6.19. The fourth-order valence-electron chi connectivity index (χ4n) is 0.959. The van der Waals surface area contributed by atoms with Crippen LogP contribution in [0.3, 0.4) is 0 Å². The van der Waals surface area contributed by atoms with E-state index in [1.807, 2.05) is 0 Å². The zero-order chi connectivity index (χ0) is 13.4. The molecule has 1 rings (SSSR count). The Morgan fingerprint density at radius 3 is 2.41 bits per heavy atom. The summed E-state index contributed by atoms with van der Waals surface area (Å²) in [6.45, 7) is 0. The molecule has 0 unspecified atom stereocenters. The molecule has 0 aliphatic rings. The second-order valence-electron chi connectivity index (χ2n) is 2.69. The molecule has 17 heavy (non-hydrogen) atoms. The van der Waals surface area contributed by atoms with Gasteiger partial charge in [-0.25, -0.2) is 22.2 Å². The molecule has 0 atom stereocenters. The summed E-state index contributed by atoms with van der Waals surface area (Å²) in [5.41, 5.74) is -1.79. The first kappa shape index (κ1) is 14.4. The number of pyridine rings is 1. The number of halogens is 4. The zero-order valence-electron chi connectivity index (χ0n) is 7.60. The average molecular weight is 399 g/mol. The predicted molar refractivity (Wildman–Crippen MR) is 61.6 cm³/mol. The van der Waals surface area contributed by atoms with E-state index >= 15 is 0 Å². The van der Waals surface area contributed by atoms with Gasteiger partial charge in [-0.3, -0.25) is 10.1 Å². The molecule has 11 heteroatoms. The SMILES string of the molecule is O=[N+]([O-])c1cc(C(F)F)c(S(=O)(=O)Cl)nc1I. The summed E-state index contributed by atoms with van der Waals surface area (Å²) in [6.07, 6.45) is -3.23. The van der Waals surface area contributed by atoms with Gasteiger partial charge in [0.15, 0.2) is 8.73 Å². The first-order valence-corrected chi connectivity index (χ1v) is 7.11. The molecule has 0 aliphatic carbocycles. The molecule has 94 valence electrons. The van der Waals surface area contributed by atoms with Gasteiger partial charge >= 0.3 is 5.69 Å². The van der Waals surface area contributed by atoms with Crippen LogP contribution in [0.5, 0.6) is 0 Å². The minimum atomic E-state index is -4.49. The summed E-state index contributed by atoms with van der Waals surface area (Å²) >= 11 is 1.36. The Labute approximate surface area is 112 Å². The molecular formula is C6H2ClF2IN2O4S. The van der Waals surface area contributed by atoms with Crippen LogP contribution < -0.4 is 0 Å². The highest BCUT2D eigenvalue weighted by Crippen LogP contribution is 2.32. The molecule has 0 bridgehead atoms. The lowest BCUT2D eigenvalue weighted by atomic mass is 10.3. The summed E-state index contributed by atoms with van der Waals surface area (Å²) in [5, 5.41) is 9.43. The Bertz CT molecular complexity index is 580. The third kappa shape index (κ3) is 3.19. The van der Waals surface area contributed by atoms with Crippen molar-refractivity contribution in [1.82, 2.24) is 4.98 Å². The first-order valence-electron chi connectivity index (χ1n) is 3.72. The van der Waals surface area contributed by atoms with E-state index in [4.69, 9.17) is 10.7 Å². The first-order chi connectivity index (χ1) is 7.64. The van der Waals surface area contributed by atoms with Crippen molar-refractivity contribution < 1.29 is 22.1 Å². The highest BCUT2D eigenvalue weighted by Gasteiger charge is 2.29. The number of nitro groups is 1. The number of aromatic nitrogens is 1. The Morgan fingerprint density at radius 1 is 1.53 bits per heavy atom. The third-order valence-corrected chi connectivity index (χ3v) is 3.63. The lowest BCUT2D eigenvalue weighted by Gasteiger charge is -2.05. The van der Waals surface area contributed by atoms with E-state index in [1.165, 1.54) is 22.6 Å². The summed E-state index contributed by atoms with van der Waals surface area (Å²) in [7, 11) is 0.425. The van der Waals surface area contributed by atoms with Gasteiger partial charge in [0.2, 0.25) is 0 Å². The fraction of sp³-hybridized carbons (Fsp3) is 0.167. The van der Waals surface area contributed by atoms with Crippen LogP contribution in [0.1, 0.15) is 12.0 Å². The van der Waals surface area contributed by atoms with E-state index in [0.717, 1.165) is 0 Å². The largest absolute Gasteiger partial charge is 0.301 e. The third-order valence-electron chi connectivity index (χ3n) is 1.61. The van der Waals surface area contributed by atoms with Gasteiger partial charge in [0.05, 0.1) is 10.5 Å². The molecule has 0 saturated carbocycles. The van der Waals surface area contributed by atoms with Gasteiger partial charge < -0.3 is 0 Å². The lowest BCUT2D eigenvalue weighted by molar-refractivity contribution is -0.386. The summed E-state index contributed by atoms with van der Waals surface area (Å²) < 4.78 is 46.7. The quantitative estimate of drug-likeness (QED) is 0.256. The van der Waals surface area contributed by atoms with E-state index in [1.54, 1.807) is 0 Å². The van der Waals surface area contributed by atoms with E-state index in [-0.39, 0.29) is 3.70 Å². The highest BCUT2D eigenvalue weighted by atomic mass is 127. The molecule has 0 amide bonds. The normalized spacial score (nSPS) is 11.8. The van der Waals surface area contributed by atoms with Gasteiger partial charge in [-0.05, 0) is 22.6 Å². The van der Waals surface area contributed by atoms with Crippen molar-refractivity contribution in [2.45, 2.75) is 11.5 Å². The van der Waals surface area contributed by atoms with E-state index in [0.29, 0.717) is 6.07 Å². The van der Waals surface area contributed by atoms with Gasteiger partial charge in [-0.15, -0.1) is 0 Å². The Balaban J connectivity index is 3.64. The second kappa shape index (κ2) is 4.94. The molecule has 0 N–H and O–H groups in total. The van der Waals surface area contributed by atoms with Crippen LogP contribution in [0.2, 0.25) is 0 Å². The van der Waals surface area contributed by atoms with Crippen molar-refractivity contribution in [3.8, 4) is 0 Å². The van der Waals surface area contributed by atoms with Gasteiger partial charge in [-0.2, -0.15) is 0 Å². The zero-order valence-corrected chi connectivity index (χ0v) is 11.3. The minimum Gasteiger partial charge on any atom is -0.258 e. The standard InChI is InChI=1S/C6H2ClF2IN2O4S/c7-17(15,16)6-2(4(8)9)1-3(12(13)14)5(10)11-6/h1,4H.